The molecular formula is C10H8FNO2S. The van der Waals surface area contributed by atoms with Crippen LogP contribution in [0.1, 0.15) is 0 Å². The fraction of sp³-hybridized carbons (Fsp3) is 0. The lowest BCUT2D eigenvalue weighted by atomic mass is 10.1. The van der Waals surface area contributed by atoms with Gasteiger partial charge in [0.1, 0.15) is 10.7 Å². The molecule has 0 aromatic heterocycles. The average Bonchev–Trinajstić information content (AvgIpc) is 2.15. The summed E-state index contributed by atoms with van der Waals surface area (Å²) in [4.78, 5) is -0.444. The maximum atomic E-state index is 13.4. The second-order valence-corrected chi connectivity index (χ2v) is 4.64. The van der Waals surface area contributed by atoms with Gasteiger partial charge in [-0.3, -0.25) is 0 Å². The molecule has 0 saturated carbocycles. The number of halogens is 1. The van der Waals surface area contributed by atoms with E-state index >= 15 is 0 Å². The fourth-order valence-corrected chi connectivity index (χ4v) is 2.34. The first kappa shape index (κ1) is 10.1. The van der Waals surface area contributed by atoms with Crippen molar-refractivity contribution in [2.45, 2.75) is 4.90 Å². The van der Waals surface area contributed by atoms with Crippen LogP contribution in [0, 0.1) is 5.82 Å². The van der Waals surface area contributed by atoms with Crippen LogP contribution in [0.25, 0.3) is 10.8 Å². The summed E-state index contributed by atoms with van der Waals surface area (Å²) < 4.78 is 35.8. The van der Waals surface area contributed by atoms with Gasteiger partial charge in [-0.2, -0.15) is 0 Å². The van der Waals surface area contributed by atoms with Crippen LogP contribution in [-0.4, -0.2) is 8.42 Å². The molecule has 2 N–H and O–H groups in total. The predicted octanol–water partition coefficient (Wildman–Crippen LogP) is 1.63. The van der Waals surface area contributed by atoms with Crippen molar-refractivity contribution in [3.63, 3.8) is 0 Å². The SMILES string of the molecule is NS(=O)(=O)c1c(F)ccc2ccccc12. The molecular weight excluding hydrogens is 217 g/mol. The summed E-state index contributed by atoms with van der Waals surface area (Å²) in [5, 5.41) is 5.90. The van der Waals surface area contributed by atoms with Crippen molar-refractivity contribution in [3.8, 4) is 0 Å². The molecule has 0 heterocycles. The number of fused-ring (bicyclic) bond motifs is 1. The van der Waals surface area contributed by atoms with Gasteiger partial charge in [-0.1, -0.05) is 30.3 Å². The third-order valence-electron chi connectivity index (χ3n) is 2.12. The highest BCUT2D eigenvalue weighted by molar-refractivity contribution is 7.89. The summed E-state index contributed by atoms with van der Waals surface area (Å²) in [7, 11) is -4.04. The molecule has 2 aromatic carbocycles. The van der Waals surface area contributed by atoms with E-state index < -0.39 is 20.7 Å². The van der Waals surface area contributed by atoms with Gasteiger partial charge in [-0.15, -0.1) is 0 Å². The van der Waals surface area contributed by atoms with Gasteiger partial charge >= 0.3 is 0 Å². The van der Waals surface area contributed by atoms with E-state index in [9.17, 15) is 12.8 Å². The zero-order valence-electron chi connectivity index (χ0n) is 7.64. The van der Waals surface area contributed by atoms with E-state index in [0.717, 1.165) is 6.07 Å². The zero-order valence-corrected chi connectivity index (χ0v) is 8.46. The monoisotopic (exact) mass is 225 g/mol. The van der Waals surface area contributed by atoms with E-state index in [4.69, 9.17) is 5.14 Å². The molecule has 78 valence electrons. The van der Waals surface area contributed by atoms with Crippen LogP contribution in [0.2, 0.25) is 0 Å². The number of sulfonamides is 1. The Morgan fingerprint density at radius 2 is 1.73 bits per heavy atom. The maximum absolute atomic E-state index is 13.4. The van der Waals surface area contributed by atoms with Crippen molar-refractivity contribution in [2.75, 3.05) is 0 Å². The highest BCUT2D eigenvalue weighted by Gasteiger charge is 2.17. The van der Waals surface area contributed by atoms with E-state index in [1.54, 1.807) is 18.2 Å². The van der Waals surface area contributed by atoms with Crippen LogP contribution in [-0.2, 0) is 10.0 Å². The van der Waals surface area contributed by atoms with Gasteiger partial charge < -0.3 is 0 Å². The Hall–Kier alpha value is -1.46. The Labute approximate surface area is 86.4 Å². The third-order valence-corrected chi connectivity index (χ3v) is 3.10. The van der Waals surface area contributed by atoms with Crippen molar-refractivity contribution in [3.05, 3.63) is 42.2 Å². The second kappa shape index (κ2) is 3.29. The van der Waals surface area contributed by atoms with E-state index in [-0.39, 0.29) is 0 Å². The summed E-state index contributed by atoms with van der Waals surface area (Å²) in [6.45, 7) is 0. The third kappa shape index (κ3) is 1.71. The van der Waals surface area contributed by atoms with Crippen molar-refractivity contribution < 1.29 is 12.8 Å². The molecule has 2 rings (SSSR count). The normalized spacial score (nSPS) is 11.9. The lowest BCUT2D eigenvalue weighted by molar-refractivity contribution is 0.571. The van der Waals surface area contributed by atoms with Crippen LogP contribution in [0.5, 0.6) is 0 Å². The minimum Gasteiger partial charge on any atom is -0.225 e. The average molecular weight is 225 g/mol. The van der Waals surface area contributed by atoms with Crippen LogP contribution < -0.4 is 5.14 Å². The molecule has 0 fully saturated rings. The van der Waals surface area contributed by atoms with Crippen molar-refractivity contribution in [1.82, 2.24) is 0 Å². The molecule has 2 aromatic rings. The minimum absolute atomic E-state index is 0.306. The summed E-state index contributed by atoms with van der Waals surface area (Å²) >= 11 is 0. The summed E-state index contributed by atoms with van der Waals surface area (Å²) in [5.74, 6) is -0.823. The van der Waals surface area contributed by atoms with Crippen molar-refractivity contribution >= 4 is 20.8 Å². The van der Waals surface area contributed by atoms with Gasteiger partial charge in [0.15, 0.2) is 0 Å². The number of hydrogen-bond acceptors (Lipinski definition) is 2. The molecule has 0 spiro atoms. The Morgan fingerprint density at radius 3 is 2.40 bits per heavy atom. The van der Waals surface area contributed by atoms with Gasteiger partial charge in [-0.25, -0.2) is 17.9 Å². The van der Waals surface area contributed by atoms with Crippen LogP contribution >= 0.6 is 0 Å². The quantitative estimate of drug-likeness (QED) is 0.801. The van der Waals surface area contributed by atoms with E-state index in [2.05, 4.69) is 0 Å². The summed E-state index contributed by atoms with van der Waals surface area (Å²) in [6, 6.07) is 9.21. The van der Waals surface area contributed by atoms with Crippen molar-refractivity contribution in [1.29, 1.82) is 0 Å². The van der Waals surface area contributed by atoms with Crippen molar-refractivity contribution in [2.24, 2.45) is 5.14 Å². The number of hydrogen-bond donors (Lipinski definition) is 1. The van der Waals surface area contributed by atoms with E-state index in [1.807, 2.05) is 0 Å². The lowest BCUT2D eigenvalue weighted by Crippen LogP contribution is -2.14. The highest BCUT2D eigenvalue weighted by Crippen LogP contribution is 2.24. The van der Waals surface area contributed by atoms with Crippen LogP contribution in [0.15, 0.2) is 41.3 Å². The molecule has 0 aliphatic carbocycles. The number of rotatable bonds is 1. The van der Waals surface area contributed by atoms with Gasteiger partial charge in [0.2, 0.25) is 10.0 Å². The van der Waals surface area contributed by atoms with Gasteiger partial charge in [0.05, 0.1) is 0 Å². The molecule has 15 heavy (non-hydrogen) atoms. The first-order chi connectivity index (χ1) is 7.00. The van der Waals surface area contributed by atoms with Gasteiger partial charge in [0, 0.05) is 5.39 Å². The Balaban J connectivity index is 2.99. The van der Waals surface area contributed by atoms with E-state index in [1.165, 1.54) is 12.1 Å². The van der Waals surface area contributed by atoms with Gasteiger partial charge in [-0.05, 0) is 11.5 Å². The Bertz CT molecular complexity index is 622. The van der Waals surface area contributed by atoms with Crippen LogP contribution in [0.3, 0.4) is 0 Å². The Kier molecular flexibility index (Phi) is 2.21. The number of benzene rings is 2. The largest absolute Gasteiger partial charge is 0.241 e. The molecule has 0 saturated heterocycles. The molecule has 0 aliphatic rings. The molecule has 0 amide bonds. The zero-order chi connectivity index (χ0) is 11.1. The number of nitrogens with two attached hydrogens (primary N) is 1. The first-order valence-corrected chi connectivity index (χ1v) is 5.75. The lowest BCUT2D eigenvalue weighted by Gasteiger charge is -2.05. The standard InChI is InChI=1S/C10H8FNO2S/c11-9-6-5-7-3-1-2-4-8(7)10(9)15(12,13)14/h1-6H,(H2,12,13,14). The molecule has 0 aliphatic heterocycles. The maximum Gasteiger partial charge on any atom is 0.241 e. The Morgan fingerprint density at radius 1 is 1.07 bits per heavy atom. The molecule has 0 unspecified atom stereocenters. The fourth-order valence-electron chi connectivity index (χ4n) is 1.51. The second-order valence-electron chi connectivity index (χ2n) is 3.14. The van der Waals surface area contributed by atoms with E-state index in [0.29, 0.717) is 10.8 Å². The molecule has 0 atom stereocenters. The van der Waals surface area contributed by atoms with Crippen LogP contribution in [0.4, 0.5) is 4.39 Å². The minimum atomic E-state index is -4.04. The smallest absolute Gasteiger partial charge is 0.225 e. The molecule has 0 radical (unpaired) electrons. The number of primary sulfonamides is 1. The summed E-state index contributed by atoms with van der Waals surface area (Å²) in [6.07, 6.45) is 0. The molecule has 0 bridgehead atoms. The summed E-state index contributed by atoms with van der Waals surface area (Å²) in [5.41, 5.74) is 0. The molecule has 5 heteroatoms. The highest BCUT2D eigenvalue weighted by atomic mass is 32.2. The molecule has 3 nitrogen and oxygen atoms in total. The van der Waals surface area contributed by atoms with Gasteiger partial charge in [0.25, 0.3) is 0 Å². The topological polar surface area (TPSA) is 60.2 Å². The first-order valence-electron chi connectivity index (χ1n) is 4.20. The predicted molar refractivity (Wildman–Crippen MR) is 55.3 cm³/mol.